The third-order valence-electron chi connectivity index (χ3n) is 4.82. The van der Waals surface area contributed by atoms with E-state index in [4.69, 9.17) is 18.9 Å². The summed E-state index contributed by atoms with van der Waals surface area (Å²) in [5, 5.41) is 3.09. The van der Waals surface area contributed by atoms with Gasteiger partial charge in [0, 0.05) is 19.3 Å². The fourth-order valence-corrected chi connectivity index (χ4v) is 3.17. The van der Waals surface area contributed by atoms with E-state index >= 15 is 0 Å². The number of para-hydroxylation sites is 1. The lowest BCUT2D eigenvalue weighted by Crippen LogP contribution is -2.45. The van der Waals surface area contributed by atoms with Crippen LogP contribution in [0.15, 0.2) is 54.6 Å². The maximum Gasteiger partial charge on any atom is 0.509 e. The molecule has 0 aliphatic carbocycles. The van der Waals surface area contributed by atoms with Crippen molar-refractivity contribution in [3.05, 3.63) is 60.2 Å². The smallest absolute Gasteiger partial charge is 0.490 e. The van der Waals surface area contributed by atoms with E-state index in [-0.39, 0.29) is 13.2 Å². The average molecular weight is 501 g/mol. The van der Waals surface area contributed by atoms with Gasteiger partial charge in [0.25, 0.3) is 0 Å². The summed E-state index contributed by atoms with van der Waals surface area (Å²) in [5.74, 6) is 0.628. The highest BCUT2D eigenvalue weighted by atomic mass is 16.7. The van der Waals surface area contributed by atoms with Crippen LogP contribution in [0.4, 0.5) is 15.3 Å². The van der Waals surface area contributed by atoms with Crippen LogP contribution < -0.4 is 10.1 Å². The van der Waals surface area contributed by atoms with Crippen molar-refractivity contribution in [1.82, 2.24) is 4.90 Å². The number of anilines is 1. The molecule has 198 valence electrons. The van der Waals surface area contributed by atoms with Gasteiger partial charge in [0.05, 0.1) is 6.54 Å². The van der Waals surface area contributed by atoms with Crippen molar-refractivity contribution in [2.75, 3.05) is 32.1 Å². The molecule has 0 bridgehead atoms. The summed E-state index contributed by atoms with van der Waals surface area (Å²) in [6.07, 6.45) is -1.50. The maximum absolute atomic E-state index is 13.1. The van der Waals surface area contributed by atoms with E-state index < -0.39 is 29.6 Å². The fraction of sp³-hybridized carbons (Fsp3) is 0.500. The van der Waals surface area contributed by atoms with Crippen molar-refractivity contribution in [2.24, 2.45) is 0 Å². The summed E-state index contributed by atoms with van der Waals surface area (Å²) in [6, 6.07) is 17.2. The third-order valence-corrected chi connectivity index (χ3v) is 4.82. The molecule has 0 aliphatic heterocycles. The van der Waals surface area contributed by atoms with E-state index in [1.807, 2.05) is 82.4 Å². The second-order valence-corrected chi connectivity index (χ2v) is 10.5. The monoisotopic (exact) mass is 500 g/mol. The molecule has 0 spiro atoms. The third kappa shape index (κ3) is 11.3. The van der Waals surface area contributed by atoms with Gasteiger partial charge in [0.1, 0.15) is 23.6 Å². The molecule has 1 atom stereocenters. The molecular formula is C28H40N2O6. The van der Waals surface area contributed by atoms with Crippen LogP contribution >= 0.6 is 0 Å². The Hall–Kier alpha value is -3.42. The molecule has 0 heterocycles. The van der Waals surface area contributed by atoms with Gasteiger partial charge in [-0.2, -0.15) is 0 Å². The van der Waals surface area contributed by atoms with Crippen molar-refractivity contribution in [1.29, 1.82) is 0 Å². The molecule has 0 saturated carbocycles. The fourth-order valence-electron chi connectivity index (χ4n) is 3.17. The summed E-state index contributed by atoms with van der Waals surface area (Å²) in [5.41, 5.74) is 0.678. The van der Waals surface area contributed by atoms with E-state index in [0.29, 0.717) is 18.7 Å². The summed E-state index contributed by atoms with van der Waals surface area (Å²) in [6.45, 7) is 11.2. The number of hydrogen-bond donors (Lipinski definition) is 1. The summed E-state index contributed by atoms with van der Waals surface area (Å²) >= 11 is 0. The van der Waals surface area contributed by atoms with Gasteiger partial charge in [0.2, 0.25) is 0 Å². The highest BCUT2D eigenvalue weighted by Crippen LogP contribution is 2.16. The van der Waals surface area contributed by atoms with Gasteiger partial charge < -0.3 is 29.2 Å². The van der Waals surface area contributed by atoms with Crippen molar-refractivity contribution in [3.63, 3.8) is 0 Å². The molecule has 1 amide bonds. The zero-order chi connectivity index (χ0) is 26.8. The minimum atomic E-state index is -0.823. The molecule has 0 aromatic heterocycles. The van der Waals surface area contributed by atoms with Crippen molar-refractivity contribution >= 4 is 17.9 Å². The Labute approximate surface area is 214 Å². The van der Waals surface area contributed by atoms with E-state index in [9.17, 15) is 9.59 Å². The predicted molar refractivity (Wildman–Crippen MR) is 141 cm³/mol. The highest BCUT2D eigenvalue weighted by molar-refractivity contribution is 5.68. The van der Waals surface area contributed by atoms with Crippen LogP contribution in [0.5, 0.6) is 5.75 Å². The molecule has 2 aromatic carbocycles. The van der Waals surface area contributed by atoms with E-state index in [1.165, 1.54) is 0 Å². The normalized spacial score (nSPS) is 12.3. The van der Waals surface area contributed by atoms with Crippen LogP contribution in [0, 0.1) is 0 Å². The molecule has 1 N–H and O–H groups in total. The number of rotatable bonds is 10. The quantitative estimate of drug-likeness (QED) is 0.406. The second-order valence-electron chi connectivity index (χ2n) is 10.5. The van der Waals surface area contributed by atoms with E-state index in [1.54, 1.807) is 25.7 Å². The Morgan fingerprint density at radius 2 is 1.50 bits per heavy atom. The van der Waals surface area contributed by atoms with E-state index in [2.05, 4.69) is 5.32 Å². The predicted octanol–water partition coefficient (Wildman–Crippen LogP) is 5.91. The Morgan fingerprint density at radius 1 is 0.889 bits per heavy atom. The Balaban J connectivity index is 2.18. The van der Waals surface area contributed by atoms with Crippen LogP contribution in [0.1, 0.15) is 47.1 Å². The number of nitrogens with one attached hydrogen (secondary N) is 1. The first-order valence-electron chi connectivity index (χ1n) is 12.2. The van der Waals surface area contributed by atoms with Gasteiger partial charge in [-0.05, 0) is 77.8 Å². The zero-order valence-electron chi connectivity index (χ0n) is 22.5. The van der Waals surface area contributed by atoms with Crippen molar-refractivity contribution in [2.45, 2.75) is 65.3 Å². The van der Waals surface area contributed by atoms with Crippen molar-refractivity contribution < 1.29 is 28.5 Å². The van der Waals surface area contributed by atoms with E-state index in [0.717, 1.165) is 11.3 Å². The van der Waals surface area contributed by atoms with Crippen LogP contribution in [-0.4, -0.2) is 61.2 Å². The molecule has 0 aliphatic rings. The van der Waals surface area contributed by atoms with Crippen LogP contribution in [0.2, 0.25) is 0 Å². The number of carbonyl (C=O) groups is 2. The molecule has 0 saturated heterocycles. The molecule has 36 heavy (non-hydrogen) atoms. The van der Waals surface area contributed by atoms with Gasteiger partial charge in [-0.1, -0.05) is 30.3 Å². The summed E-state index contributed by atoms with van der Waals surface area (Å²) in [4.78, 5) is 27.1. The maximum atomic E-state index is 13.1. The van der Waals surface area contributed by atoms with Gasteiger partial charge in [-0.25, -0.2) is 9.59 Å². The van der Waals surface area contributed by atoms with Crippen LogP contribution in [0.25, 0.3) is 0 Å². The first kappa shape index (κ1) is 28.8. The molecular weight excluding hydrogens is 460 g/mol. The molecule has 8 heteroatoms. The van der Waals surface area contributed by atoms with Gasteiger partial charge in [-0.15, -0.1) is 0 Å². The van der Waals surface area contributed by atoms with Crippen LogP contribution in [-0.2, 0) is 20.6 Å². The van der Waals surface area contributed by atoms with Crippen LogP contribution in [0.3, 0.4) is 0 Å². The number of hydrogen-bond acceptors (Lipinski definition) is 7. The lowest BCUT2D eigenvalue weighted by Gasteiger charge is -2.30. The molecule has 1 unspecified atom stereocenters. The van der Waals surface area contributed by atoms with Gasteiger partial charge >= 0.3 is 12.2 Å². The van der Waals surface area contributed by atoms with Crippen molar-refractivity contribution in [3.8, 4) is 5.75 Å². The minimum Gasteiger partial charge on any atom is -0.490 e. The zero-order valence-corrected chi connectivity index (χ0v) is 22.5. The molecule has 2 aromatic rings. The molecule has 0 radical (unpaired) electrons. The largest absolute Gasteiger partial charge is 0.509 e. The molecule has 0 fully saturated rings. The lowest BCUT2D eigenvalue weighted by atomic mass is 10.1. The Kier molecular flexibility index (Phi) is 10.4. The number of carbonyl (C=O) groups excluding carboxylic acids is 2. The first-order chi connectivity index (χ1) is 16.8. The average Bonchev–Trinajstić information content (AvgIpc) is 2.78. The number of nitrogens with zero attached hydrogens (tertiary/aromatic N) is 1. The first-order valence-corrected chi connectivity index (χ1v) is 12.2. The lowest BCUT2D eigenvalue weighted by molar-refractivity contribution is -0.0455. The number of amides is 1. The topological polar surface area (TPSA) is 86.3 Å². The standard InChI is InChI=1S/C28H40N2O6/c1-27(2,3)35-25(31)30(18-17-21-13-15-22(29-7)16-14-21)19-24(34-26(32)36-28(4,5)6)20-33-23-11-9-8-10-12-23/h8-16,24,29H,17-20H2,1-7H3. The molecule has 8 nitrogen and oxygen atoms in total. The molecule has 2 rings (SSSR count). The highest BCUT2D eigenvalue weighted by Gasteiger charge is 2.28. The SMILES string of the molecule is CNc1ccc(CCN(CC(COc2ccccc2)OC(=O)OC(C)(C)C)C(=O)OC(C)(C)C)cc1. The van der Waals surface area contributed by atoms with Gasteiger partial charge in [0.15, 0.2) is 6.10 Å². The van der Waals surface area contributed by atoms with Gasteiger partial charge in [-0.3, -0.25) is 0 Å². The summed E-state index contributed by atoms with van der Waals surface area (Å²) < 4.78 is 22.4. The Bertz CT molecular complexity index is 949. The Morgan fingerprint density at radius 3 is 2.06 bits per heavy atom. The minimum absolute atomic E-state index is 0.0411. The number of ether oxygens (including phenoxy) is 4. The second kappa shape index (κ2) is 13.0. The number of benzene rings is 2. The summed E-state index contributed by atoms with van der Waals surface area (Å²) in [7, 11) is 1.86.